The summed E-state index contributed by atoms with van der Waals surface area (Å²) in [5, 5.41) is 14.5. The standard InChI is InChI=1S/C25H16Cl4F3N5O2S/c26-14-2-1-3-16(9-14)37-21(11-33-23(39)17-10-15(27)5-7-18(17)28)35-36-24(37)40-12-22(38)34-20-8-13(25(30,31)32)4-6-19(20)29/h1-10H,11-12H2,(H,33,39)(H,34,38). The van der Waals surface area contributed by atoms with E-state index in [-0.39, 0.29) is 38.8 Å². The molecule has 15 heteroatoms. The molecule has 1 heterocycles. The molecule has 40 heavy (non-hydrogen) atoms. The Morgan fingerprint density at radius 3 is 2.35 bits per heavy atom. The summed E-state index contributed by atoms with van der Waals surface area (Å²) >= 11 is 25.2. The van der Waals surface area contributed by atoms with Gasteiger partial charge in [-0.3, -0.25) is 14.2 Å². The van der Waals surface area contributed by atoms with Gasteiger partial charge >= 0.3 is 6.18 Å². The molecule has 4 rings (SSSR count). The maximum Gasteiger partial charge on any atom is 0.416 e. The normalized spacial score (nSPS) is 11.4. The van der Waals surface area contributed by atoms with Gasteiger partial charge in [-0.25, -0.2) is 0 Å². The molecular formula is C25H16Cl4F3N5O2S. The smallest absolute Gasteiger partial charge is 0.345 e. The van der Waals surface area contributed by atoms with E-state index in [1.54, 1.807) is 34.9 Å². The highest BCUT2D eigenvalue weighted by Crippen LogP contribution is 2.34. The zero-order valence-electron chi connectivity index (χ0n) is 19.9. The second-order valence-electron chi connectivity index (χ2n) is 8.05. The van der Waals surface area contributed by atoms with Crippen LogP contribution in [0.3, 0.4) is 0 Å². The topological polar surface area (TPSA) is 88.9 Å². The molecule has 0 radical (unpaired) electrons. The third-order valence-electron chi connectivity index (χ3n) is 5.25. The molecule has 0 fully saturated rings. The number of aromatic nitrogens is 3. The lowest BCUT2D eigenvalue weighted by molar-refractivity contribution is -0.137. The fourth-order valence-electron chi connectivity index (χ4n) is 3.42. The van der Waals surface area contributed by atoms with Crippen LogP contribution in [0.2, 0.25) is 20.1 Å². The molecule has 4 aromatic rings. The van der Waals surface area contributed by atoms with E-state index >= 15 is 0 Å². The molecule has 1 aromatic heterocycles. The van der Waals surface area contributed by atoms with Crippen LogP contribution in [0.15, 0.2) is 65.8 Å². The van der Waals surface area contributed by atoms with Gasteiger partial charge in [-0.15, -0.1) is 10.2 Å². The van der Waals surface area contributed by atoms with Gasteiger partial charge in [0.15, 0.2) is 11.0 Å². The average molecular weight is 649 g/mol. The van der Waals surface area contributed by atoms with E-state index in [4.69, 9.17) is 46.4 Å². The molecule has 0 aliphatic rings. The van der Waals surface area contributed by atoms with Gasteiger partial charge < -0.3 is 10.6 Å². The van der Waals surface area contributed by atoms with Crippen molar-refractivity contribution in [3.63, 3.8) is 0 Å². The lowest BCUT2D eigenvalue weighted by Gasteiger charge is -2.13. The van der Waals surface area contributed by atoms with Crippen molar-refractivity contribution in [1.29, 1.82) is 0 Å². The lowest BCUT2D eigenvalue weighted by atomic mass is 10.2. The van der Waals surface area contributed by atoms with Gasteiger partial charge in [0.25, 0.3) is 5.91 Å². The van der Waals surface area contributed by atoms with Crippen LogP contribution in [0.1, 0.15) is 21.7 Å². The predicted molar refractivity (Wildman–Crippen MR) is 150 cm³/mol. The number of thioether (sulfide) groups is 1. The molecule has 0 aliphatic heterocycles. The maximum absolute atomic E-state index is 13.1. The van der Waals surface area contributed by atoms with Gasteiger partial charge in [-0.05, 0) is 54.6 Å². The Bertz CT molecular complexity index is 1580. The van der Waals surface area contributed by atoms with E-state index in [0.717, 1.165) is 30.0 Å². The summed E-state index contributed by atoms with van der Waals surface area (Å²) in [6.07, 6.45) is -4.60. The number of rotatable bonds is 8. The summed E-state index contributed by atoms with van der Waals surface area (Å²) in [7, 11) is 0. The van der Waals surface area contributed by atoms with Crippen LogP contribution in [-0.2, 0) is 17.5 Å². The molecule has 0 spiro atoms. The summed E-state index contributed by atoms with van der Waals surface area (Å²) in [4.78, 5) is 25.3. The Kier molecular flexibility index (Phi) is 9.52. The Morgan fingerprint density at radius 1 is 0.900 bits per heavy atom. The fourth-order valence-corrected chi connectivity index (χ4v) is 4.92. The monoisotopic (exact) mass is 647 g/mol. The number of benzene rings is 3. The minimum Gasteiger partial charge on any atom is -0.345 e. The number of anilines is 1. The highest BCUT2D eigenvalue weighted by atomic mass is 35.5. The molecule has 0 aliphatic carbocycles. The number of nitrogens with one attached hydrogen (secondary N) is 2. The van der Waals surface area contributed by atoms with Crippen molar-refractivity contribution < 1.29 is 22.8 Å². The largest absolute Gasteiger partial charge is 0.416 e. The van der Waals surface area contributed by atoms with Crippen LogP contribution in [0.4, 0.5) is 18.9 Å². The minimum atomic E-state index is -4.60. The van der Waals surface area contributed by atoms with Crippen LogP contribution in [0, 0.1) is 0 Å². The summed E-state index contributed by atoms with van der Waals surface area (Å²) in [6, 6.07) is 13.8. The number of halogens is 7. The van der Waals surface area contributed by atoms with Gasteiger partial charge in [0, 0.05) is 10.0 Å². The third kappa shape index (κ3) is 7.41. The molecule has 0 bridgehead atoms. The molecule has 208 valence electrons. The molecular weight excluding hydrogens is 633 g/mol. The van der Waals surface area contributed by atoms with E-state index in [1.165, 1.54) is 12.1 Å². The van der Waals surface area contributed by atoms with Crippen LogP contribution in [-0.4, -0.2) is 32.3 Å². The summed E-state index contributed by atoms with van der Waals surface area (Å²) in [5.41, 5.74) is -0.415. The third-order valence-corrected chi connectivity index (χ3v) is 7.31. The van der Waals surface area contributed by atoms with Crippen molar-refractivity contribution in [3.05, 3.63) is 97.7 Å². The first kappa shape index (κ1) is 30.0. The number of hydrogen-bond acceptors (Lipinski definition) is 5. The van der Waals surface area contributed by atoms with Crippen LogP contribution < -0.4 is 10.6 Å². The summed E-state index contributed by atoms with van der Waals surface area (Å²) in [6.45, 7) is -0.0756. The first-order chi connectivity index (χ1) is 18.9. The van der Waals surface area contributed by atoms with Gasteiger partial charge in [0.1, 0.15) is 0 Å². The summed E-state index contributed by atoms with van der Waals surface area (Å²) in [5.74, 6) is -1.06. The Morgan fingerprint density at radius 2 is 1.62 bits per heavy atom. The predicted octanol–water partition coefficient (Wildman–Crippen LogP) is 7.56. The maximum atomic E-state index is 13.1. The van der Waals surface area contributed by atoms with Crippen molar-refractivity contribution >= 4 is 75.7 Å². The van der Waals surface area contributed by atoms with Crippen LogP contribution in [0.25, 0.3) is 5.69 Å². The van der Waals surface area contributed by atoms with Crippen molar-refractivity contribution in [2.75, 3.05) is 11.1 Å². The molecule has 2 amide bonds. The fraction of sp³-hybridized carbons (Fsp3) is 0.120. The minimum absolute atomic E-state index is 0.0497. The Hall–Kier alpha value is -2.96. The number of hydrogen-bond donors (Lipinski definition) is 2. The zero-order chi connectivity index (χ0) is 29.0. The zero-order valence-corrected chi connectivity index (χ0v) is 23.7. The molecule has 7 nitrogen and oxygen atoms in total. The Balaban J connectivity index is 1.53. The number of alkyl halides is 3. The van der Waals surface area contributed by atoms with E-state index in [9.17, 15) is 22.8 Å². The molecule has 0 unspecified atom stereocenters. The van der Waals surface area contributed by atoms with Crippen LogP contribution in [0.5, 0.6) is 0 Å². The number of amides is 2. The van der Waals surface area contributed by atoms with Crippen molar-refractivity contribution in [1.82, 2.24) is 20.1 Å². The quantitative estimate of drug-likeness (QED) is 0.193. The summed E-state index contributed by atoms with van der Waals surface area (Å²) < 4.78 is 40.8. The van der Waals surface area contributed by atoms with E-state index in [0.29, 0.717) is 21.6 Å². The SMILES string of the molecule is O=C(CSc1nnc(CNC(=O)c2cc(Cl)ccc2Cl)n1-c1cccc(Cl)c1)Nc1cc(C(F)(F)F)ccc1Cl. The van der Waals surface area contributed by atoms with Crippen molar-refractivity contribution in [3.8, 4) is 5.69 Å². The number of carbonyl (C=O) groups excluding carboxylic acids is 2. The van der Waals surface area contributed by atoms with Crippen molar-refractivity contribution in [2.24, 2.45) is 0 Å². The number of nitrogens with zero attached hydrogens (tertiary/aromatic N) is 3. The molecule has 0 saturated heterocycles. The van der Waals surface area contributed by atoms with E-state index < -0.39 is 23.6 Å². The molecule has 0 saturated carbocycles. The average Bonchev–Trinajstić information content (AvgIpc) is 3.31. The van der Waals surface area contributed by atoms with Gasteiger partial charge in [0.05, 0.1) is 44.8 Å². The second-order valence-corrected chi connectivity index (χ2v) is 10.7. The van der Waals surface area contributed by atoms with E-state index in [1.807, 2.05) is 0 Å². The second kappa shape index (κ2) is 12.7. The van der Waals surface area contributed by atoms with Gasteiger partial charge in [-0.2, -0.15) is 13.2 Å². The first-order valence-corrected chi connectivity index (χ1v) is 13.6. The highest BCUT2D eigenvalue weighted by molar-refractivity contribution is 7.99. The Labute approximate surface area is 250 Å². The molecule has 3 aromatic carbocycles. The lowest BCUT2D eigenvalue weighted by Crippen LogP contribution is -2.25. The van der Waals surface area contributed by atoms with Crippen LogP contribution >= 0.6 is 58.2 Å². The van der Waals surface area contributed by atoms with Crippen molar-refractivity contribution in [2.45, 2.75) is 17.9 Å². The number of carbonyl (C=O) groups is 2. The van der Waals surface area contributed by atoms with E-state index in [2.05, 4.69) is 20.8 Å². The van der Waals surface area contributed by atoms with Gasteiger partial charge in [0.2, 0.25) is 5.91 Å². The van der Waals surface area contributed by atoms with Gasteiger partial charge in [-0.1, -0.05) is 64.2 Å². The molecule has 0 atom stereocenters. The molecule has 2 N–H and O–H groups in total. The first-order valence-electron chi connectivity index (χ1n) is 11.2. The highest BCUT2D eigenvalue weighted by Gasteiger charge is 2.31.